The Kier molecular flexibility index (Phi) is 7.75. The molecule has 0 aliphatic heterocycles. The monoisotopic (exact) mass is 352 g/mol. The first kappa shape index (κ1) is 22.2. The van der Waals surface area contributed by atoms with Gasteiger partial charge in [-0.15, -0.1) is 0 Å². The van der Waals surface area contributed by atoms with E-state index in [0.29, 0.717) is 0 Å². The van der Waals surface area contributed by atoms with Crippen LogP contribution in [-0.2, 0) is 19.1 Å². The van der Waals surface area contributed by atoms with Gasteiger partial charge in [0.25, 0.3) is 5.91 Å². The molecule has 7 nitrogen and oxygen atoms in total. The van der Waals surface area contributed by atoms with Crippen LogP contribution in [0.1, 0.15) is 41.0 Å². The smallest absolute Gasteiger partial charge is 0.349 e. The lowest BCUT2D eigenvalue weighted by Crippen LogP contribution is -2.53. The average Bonchev–Trinajstić information content (AvgIpc) is 2.38. The number of nitrogens with one attached hydrogen (secondary N) is 1. The Morgan fingerprint density at radius 1 is 1.21 bits per heavy atom. The van der Waals surface area contributed by atoms with E-state index in [-0.39, 0.29) is 0 Å². The van der Waals surface area contributed by atoms with Gasteiger partial charge in [0.05, 0.1) is 0 Å². The van der Waals surface area contributed by atoms with Gasteiger partial charge in [0, 0.05) is 12.3 Å². The van der Waals surface area contributed by atoms with Crippen molar-refractivity contribution in [3.05, 3.63) is 0 Å². The summed E-state index contributed by atoms with van der Waals surface area (Å²) in [5.41, 5.74) is 4.16. The lowest BCUT2D eigenvalue weighted by atomic mass is 9.84. The van der Waals surface area contributed by atoms with Crippen LogP contribution in [0, 0.1) is 11.8 Å². The minimum absolute atomic E-state index is 0.492. The quantitative estimate of drug-likeness (QED) is 0.552. The van der Waals surface area contributed by atoms with Gasteiger partial charge < -0.3 is 20.9 Å². The molecular weight excluding hydrogens is 326 g/mol. The van der Waals surface area contributed by atoms with Crippen LogP contribution >= 0.6 is 0 Å². The number of carbonyl (C=O) groups is 3. The molecule has 2 atom stereocenters. The summed E-state index contributed by atoms with van der Waals surface area (Å²) in [5, 5.41) is 11.6. The third-order valence-electron chi connectivity index (χ3n) is 3.19. The van der Waals surface area contributed by atoms with Gasteiger partial charge >= 0.3 is 11.9 Å². The van der Waals surface area contributed by atoms with Gasteiger partial charge in [0.15, 0.2) is 0 Å². The van der Waals surface area contributed by atoms with Crippen molar-refractivity contribution in [2.75, 3.05) is 6.54 Å². The van der Waals surface area contributed by atoms with Crippen molar-refractivity contribution in [2.24, 2.45) is 17.6 Å². The lowest BCUT2D eigenvalue weighted by Gasteiger charge is -2.30. The Hall–Kier alpha value is -1.77. The predicted molar refractivity (Wildman–Crippen MR) is 81.9 cm³/mol. The highest BCUT2D eigenvalue weighted by Crippen LogP contribution is 2.31. The molecule has 24 heavy (non-hydrogen) atoms. The van der Waals surface area contributed by atoms with Gasteiger partial charge in [-0.1, -0.05) is 13.8 Å². The van der Waals surface area contributed by atoms with E-state index < -0.39 is 60.2 Å². The van der Waals surface area contributed by atoms with Crippen molar-refractivity contribution >= 4 is 17.8 Å². The zero-order valence-electron chi connectivity index (χ0n) is 14.6. The molecule has 0 radical (unpaired) electrons. The topological polar surface area (TPSA) is 119 Å². The van der Waals surface area contributed by atoms with Gasteiger partial charge in [0.2, 0.25) is 5.91 Å². The van der Waals surface area contributed by atoms with Gasteiger partial charge in [-0.2, -0.15) is 8.78 Å². The van der Waals surface area contributed by atoms with Crippen LogP contribution < -0.4 is 11.1 Å². The van der Waals surface area contributed by atoms with Crippen molar-refractivity contribution in [2.45, 2.75) is 58.7 Å². The second kappa shape index (κ2) is 8.36. The van der Waals surface area contributed by atoms with Gasteiger partial charge in [-0.05, 0) is 26.7 Å². The molecule has 9 heteroatoms. The minimum Gasteiger partial charge on any atom is -0.459 e. The van der Waals surface area contributed by atoms with Crippen LogP contribution in [0.5, 0.6) is 0 Å². The summed E-state index contributed by atoms with van der Waals surface area (Å²) in [4.78, 5) is 34.1. The van der Waals surface area contributed by atoms with E-state index in [2.05, 4.69) is 0 Å². The summed E-state index contributed by atoms with van der Waals surface area (Å²) in [6, 6.07) is 0. The van der Waals surface area contributed by atoms with Crippen LogP contribution in [-0.4, -0.2) is 47.1 Å². The number of aliphatic hydroxyl groups is 1. The minimum atomic E-state index is -4.19. The molecule has 0 spiro atoms. The number of halogens is 2. The standard InChI is InChI=1S/C15H26F2N2O5/c1-8(2)9(6-10(18)20)12(22)15(16,17)13(23)19-7-11(21)24-14(3,4)5/h8-9,12,22H,6-7H2,1-5H3,(H2,18,20)(H,19,23). The number of rotatable bonds is 8. The molecular formula is C15H26F2N2O5. The molecule has 0 bridgehead atoms. The van der Waals surface area contributed by atoms with Crippen molar-refractivity contribution in [3.8, 4) is 0 Å². The maximum absolute atomic E-state index is 14.1. The molecule has 0 aromatic rings. The fourth-order valence-electron chi connectivity index (χ4n) is 2.00. The largest absolute Gasteiger partial charge is 0.459 e. The molecule has 4 N–H and O–H groups in total. The number of hydrogen-bond acceptors (Lipinski definition) is 5. The fraction of sp³-hybridized carbons (Fsp3) is 0.800. The Bertz CT molecular complexity index is 475. The SMILES string of the molecule is CC(C)C(CC(N)=O)C(O)C(F)(F)C(=O)NCC(=O)OC(C)(C)C. The maximum Gasteiger partial charge on any atom is 0.349 e. The van der Waals surface area contributed by atoms with Crippen molar-refractivity contribution in [3.63, 3.8) is 0 Å². The Morgan fingerprint density at radius 3 is 2.08 bits per heavy atom. The molecule has 0 fully saturated rings. The summed E-state index contributed by atoms with van der Waals surface area (Å²) in [6.45, 7) is 7.03. The molecule has 0 aliphatic carbocycles. The van der Waals surface area contributed by atoms with E-state index in [9.17, 15) is 28.3 Å². The number of nitrogens with two attached hydrogens (primary N) is 1. The number of primary amides is 1. The summed E-state index contributed by atoms with van der Waals surface area (Å²) >= 11 is 0. The average molecular weight is 352 g/mol. The first-order valence-electron chi connectivity index (χ1n) is 7.52. The summed E-state index contributed by atoms with van der Waals surface area (Å²) in [6.07, 6.45) is -2.91. The normalized spacial score (nSPS) is 14.9. The predicted octanol–water partition coefficient (Wildman–Crippen LogP) is 0.588. The molecule has 2 unspecified atom stereocenters. The number of alkyl halides is 2. The summed E-state index contributed by atoms with van der Waals surface area (Å²) in [5.74, 6) is -9.49. The van der Waals surface area contributed by atoms with Crippen molar-refractivity contribution < 1.29 is 33.0 Å². The number of esters is 1. The third-order valence-corrected chi connectivity index (χ3v) is 3.19. The molecule has 0 aromatic heterocycles. The van der Waals surface area contributed by atoms with Crippen molar-refractivity contribution in [1.29, 1.82) is 0 Å². The Morgan fingerprint density at radius 2 is 1.71 bits per heavy atom. The lowest BCUT2D eigenvalue weighted by molar-refractivity contribution is -0.175. The van der Waals surface area contributed by atoms with E-state index in [1.165, 1.54) is 13.8 Å². The van der Waals surface area contributed by atoms with Crippen LogP contribution in [0.15, 0.2) is 0 Å². The Labute approximate surface area is 139 Å². The zero-order chi connectivity index (χ0) is 19.3. The van der Waals surface area contributed by atoms with E-state index in [1.54, 1.807) is 26.1 Å². The number of amides is 2. The fourth-order valence-corrected chi connectivity index (χ4v) is 2.00. The van der Waals surface area contributed by atoms with Gasteiger partial charge in [0.1, 0.15) is 18.2 Å². The molecule has 0 aliphatic rings. The van der Waals surface area contributed by atoms with Crippen molar-refractivity contribution in [1.82, 2.24) is 5.32 Å². The first-order chi connectivity index (χ1) is 10.7. The van der Waals surface area contributed by atoms with Crippen LogP contribution in [0.3, 0.4) is 0 Å². The number of ether oxygens (including phenoxy) is 1. The second-order valence-electron chi connectivity index (χ2n) is 6.92. The zero-order valence-corrected chi connectivity index (χ0v) is 14.6. The molecule has 0 heterocycles. The van der Waals surface area contributed by atoms with Crippen LogP contribution in [0.4, 0.5) is 8.78 Å². The first-order valence-corrected chi connectivity index (χ1v) is 7.52. The molecule has 140 valence electrons. The van der Waals surface area contributed by atoms with E-state index in [1.807, 2.05) is 0 Å². The Balaban J connectivity index is 4.91. The molecule has 0 saturated carbocycles. The summed E-state index contributed by atoms with van der Waals surface area (Å²) in [7, 11) is 0. The number of aliphatic hydroxyl groups excluding tert-OH is 1. The van der Waals surface area contributed by atoms with Gasteiger partial charge in [-0.25, -0.2) is 0 Å². The van der Waals surface area contributed by atoms with Gasteiger partial charge in [-0.3, -0.25) is 14.4 Å². The summed E-state index contributed by atoms with van der Waals surface area (Å²) < 4.78 is 33.1. The molecule has 0 rings (SSSR count). The molecule has 2 amide bonds. The van der Waals surface area contributed by atoms with E-state index in [4.69, 9.17) is 10.5 Å². The van der Waals surface area contributed by atoms with Crippen LogP contribution in [0.2, 0.25) is 0 Å². The molecule has 0 saturated heterocycles. The highest BCUT2D eigenvalue weighted by molar-refractivity contribution is 5.87. The highest BCUT2D eigenvalue weighted by Gasteiger charge is 2.50. The third kappa shape index (κ3) is 7.20. The second-order valence-corrected chi connectivity index (χ2v) is 6.92. The molecule has 0 aromatic carbocycles. The highest BCUT2D eigenvalue weighted by atomic mass is 19.3. The maximum atomic E-state index is 14.1. The van der Waals surface area contributed by atoms with E-state index >= 15 is 0 Å². The number of hydrogen-bond donors (Lipinski definition) is 3. The number of carbonyl (C=O) groups excluding carboxylic acids is 3. The van der Waals surface area contributed by atoms with Crippen LogP contribution in [0.25, 0.3) is 0 Å². The van der Waals surface area contributed by atoms with E-state index in [0.717, 1.165) is 0 Å².